The first-order valence-electron chi connectivity index (χ1n) is 6.63. The number of esters is 1. The molecular weight excluding hydrogens is 250 g/mol. The van der Waals surface area contributed by atoms with Gasteiger partial charge in [0.25, 0.3) is 0 Å². The third kappa shape index (κ3) is 8.42. The molecule has 0 amide bonds. The Labute approximate surface area is 112 Å². The summed E-state index contributed by atoms with van der Waals surface area (Å²) in [5, 5.41) is 3.34. The number of carbonyl (C=O) groups excluding carboxylic acids is 1. The third-order valence-corrected chi connectivity index (χ3v) is 2.81. The molecule has 0 spiro atoms. The summed E-state index contributed by atoms with van der Waals surface area (Å²) in [6.45, 7) is 3.75. The molecule has 0 aromatic carbocycles. The topological polar surface area (TPSA) is 96.8 Å². The number of rotatable bonds is 11. The lowest BCUT2D eigenvalue weighted by Crippen LogP contribution is -2.11. The molecule has 1 fully saturated rings. The summed E-state index contributed by atoms with van der Waals surface area (Å²) in [6.07, 6.45) is 3.61. The fourth-order valence-corrected chi connectivity index (χ4v) is 1.65. The molecule has 0 bridgehead atoms. The maximum Gasteiger partial charge on any atom is 0.305 e. The van der Waals surface area contributed by atoms with Crippen molar-refractivity contribution in [2.45, 2.75) is 44.8 Å². The highest BCUT2D eigenvalue weighted by Crippen LogP contribution is 2.25. The van der Waals surface area contributed by atoms with Gasteiger partial charge in [0.1, 0.15) is 6.61 Å². The molecule has 1 aliphatic rings. The Bertz CT molecular complexity index is 318. The van der Waals surface area contributed by atoms with Gasteiger partial charge in [-0.1, -0.05) is 5.11 Å². The lowest BCUT2D eigenvalue weighted by Gasteiger charge is -2.05. The lowest BCUT2D eigenvalue weighted by atomic mass is 10.2. The zero-order chi connectivity index (χ0) is 13.9. The summed E-state index contributed by atoms with van der Waals surface area (Å²) in [4.78, 5) is 13.8. The van der Waals surface area contributed by atoms with Crippen molar-refractivity contribution < 1.29 is 19.0 Å². The number of hydrogen-bond donors (Lipinski definition) is 0. The Kier molecular flexibility index (Phi) is 7.97. The number of epoxide rings is 1. The van der Waals surface area contributed by atoms with E-state index in [2.05, 4.69) is 16.9 Å². The van der Waals surface area contributed by atoms with Crippen LogP contribution >= 0.6 is 0 Å². The monoisotopic (exact) mass is 271 g/mol. The van der Waals surface area contributed by atoms with Crippen LogP contribution in [-0.4, -0.2) is 44.5 Å². The van der Waals surface area contributed by atoms with Crippen LogP contribution in [0.4, 0.5) is 0 Å². The van der Waals surface area contributed by atoms with Gasteiger partial charge in [-0.2, -0.15) is 0 Å². The van der Waals surface area contributed by atoms with Gasteiger partial charge in [-0.05, 0) is 31.7 Å². The lowest BCUT2D eigenvalue weighted by molar-refractivity contribution is -0.145. The van der Waals surface area contributed by atoms with Crippen molar-refractivity contribution in [1.82, 2.24) is 0 Å². The van der Waals surface area contributed by atoms with Crippen molar-refractivity contribution in [3.63, 3.8) is 0 Å². The fraction of sp³-hybridized carbons (Fsp3) is 0.917. The number of azide groups is 1. The predicted molar refractivity (Wildman–Crippen MR) is 68.6 cm³/mol. The van der Waals surface area contributed by atoms with Crippen LogP contribution in [0, 0.1) is 0 Å². The molecule has 2 atom stereocenters. The number of ether oxygens (including phenoxy) is 3. The summed E-state index contributed by atoms with van der Waals surface area (Å²) in [6, 6.07) is 0. The molecule has 7 heteroatoms. The number of hydrogen-bond acceptors (Lipinski definition) is 5. The first-order valence-corrected chi connectivity index (χ1v) is 6.63. The molecule has 0 N–H and O–H groups in total. The first kappa shape index (κ1) is 15.8. The molecule has 19 heavy (non-hydrogen) atoms. The van der Waals surface area contributed by atoms with E-state index in [-0.39, 0.29) is 19.0 Å². The summed E-state index contributed by atoms with van der Waals surface area (Å²) in [5.74, 6) is -0.281. The van der Waals surface area contributed by atoms with Crippen molar-refractivity contribution in [3.8, 4) is 0 Å². The van der Waals surface area contributed by atoms with Gasteiger partial charge in [-0.25, -0.2) is 0 Å². The maximum atomic E-state index is 11.2. The SMILES string of the molecule is CC1OC1CCCOCCOC(=O)CCCN=[N+]=[N-]. The average molecular weight is 271 g/mol. The molecule has 0 aliphatic carbocycles. The molecule has 1 heterocycles. The van der Waals surface area contributed by atoms with Crippen molar-refractivity contribution >= 4 is 5.97 Å². The van der Waals surface area contributed by atoms with Crippen LogP contribution in [0.2, 0.25) is 0 Å². The smallest absolute Gasteiger partial charge is 0.305 e. The Morgan fingerprint density at radius 1 is 1.37 bits per heavy atom. The zero-order valence-corrected chi connectivity index (χ0v) is 11.3. The van der Waals surface area contributed by atoms with E-state index in [1.54, 1.807) is 0 Å². The second-order valence-electron chi connectivity index (χ2n) is 4.41. The Morgan fingerprint density at radius 3 is 2.84 bits per heavy atom. The van der Waals surface area contributed by atoms with Gasteiger partial charge in [0, 0.05) is 24.5 Å². The van der Waals surface area contributed by atoms with E-state index in [9.17, 15) is 4.79 Å². The van der Waals surface area contributed by atoms with Crippen LogP contribution in [0.1, 0.15) is 32.6 Å². The molecule has 1 aliphatic heterocycles. The van der Waals surface area contributed by atoms with Crippen LogP contribution in [0.3, 0.4) is 0 Å². The van der Waals surface area contributed by atoms with E-state index in [1.165, 1.54) is 0 Å². The van der Waals surface area contributed by atoms with E-state index >= 15 is 0 Å². The van der Waals surface area contributed by atoms with Crippen LogP contribution in [0.25, 0.3) is 10.4 Å². The predicted octanol–water partition coefficient (Wildman–Crippen LogP) is 2.20. The van der Waals surface area contributed by atoms with Crippen LogP contribution in [0.5, 0.6) is 0 Å². The molecule has 1 saturated heterocycles. The first-order chi connectivity index (χ1) is 9.24. The van der Waals surface area contributed by atoms with Gasteiger partial charge in [0.15, 0.2) is 0 Å². The van der Waals surface area contributed by atoms with Gasteiger partial charge in [-0.15, -0.1) is 0 Å². The van der Waals surface area contributed by atoms with Crippen LogP contribution in [-0.2, 0) is 19.0 Å². The highest BCUT2D eigenvalue weighted by Gasteiger charge is 2.32. The second kappa shape index (κ2) is 9.61. The average Bonchev–Trinajstić information content (AvgIpc) is 3.09. The molecule has 1 rings (SSSR count). The van der Waals surface area contributed by atoms with E-state index in [0.29, 0.717) is 38.4 Å². The molecule has 2 unspecified atom stereocenters. The van der Waals surface area contributed by atoms with Gasteiger partial charge in [0.2, 0.25) is 0 Å². The van der Waals surface area contributed by atoms with E-state index < -0.39 is 0 Å². The van der Waals surface area contributed by atoms with Gasteiger partial charge >= 0.3 is 5.97 Å². The molecule has 108 valence electrons. The largest absolute Gasteiger partial charge is 0.463 e. The quantitative estimate of drug-likeness (QED) is 0.144. The van der Waals surface area contributed by atoms with Crippen molar-refractivity contribution in [2.75, 3.05) is 26.4 Å². The Morgan fingerprint density at radius 2 is 2.16 bits per heavy atom. The maximum absolute atomic E-state index is 11.2. The third-order valence-electron chi connectivity index (χ3n) is 2.81. The fourth-order valence-electron chi connectivity index (χ4n) is 1.65. The molecular formula is C12H21N3O4. The minimum Gasteiger partial charge on any atom is -0.463 e. The summed E-state index contributed by atoms with van der Waals surface area (Å²) in [7, 11) is 0. The summed E-state index contributed by atoms with van der Waals surface area (Å²) >= 11 is 0. The molecule has 7 nitrogen and oxygen atoms in total. The molecule has 0 aromatic heterocycles. The van der Waals surface area contributed by atoms with Crippen molar-refractivity contribution in [2.24, 2.45) is 5.11 Å². The molecule has 0 saturated carbocycles. The summed E-state index contributed by atoms with van der Waals surface area (Å²) in [5.41, 5.74) is 8.05. The standard InChI is InChI=1S/C12H21N3O4/c1-10-11(19-10)4-3-7-17-8-9-18-12(16)5-2-6-14-15-13/h10-11H,2-9H2,1H3. The van der Waals surface area contributed by atoms with Crippen LogP contribution < -0.4 is 0 Å². The van der Waals surface area contributed by atoms with Crippen molar-refractivity contribution in [3.05, 3.63) is 10.4 Å². The van der Waals surface area contributed by atoms with Crippen molar-refractivity contribution in [1.29, 1.82) is 0 Å². The number of nitrogens with zero attached hydrogens (tertiary/aromatic N) is 3. The second-order valence-corrected chi connectivity index (χ2v) is 4.41. The van der Waals surface area contributed by atoms with E-state index in [4.69, 9.17) is 19.7 Å². The van der Waals surface area contributed by atoms with E-state index in [0.717, 1.165) is 12.8 Å². The van der Waals surface area contributed by atoms with Gasteiger partial charge in [-0.3, -0.25) is 4.79 Å². The highest BCUT2D eigenvalue weighted by atomic mass is 16.6. The normalized spacial score (nSPS) is 20.7. The Hall–Kier alpha value is -1.30. The summed E-state index contributed by atoms with van der Waals surface area (Å²) < 4.78 is 15.6. The molecule has 0 aromatic rings. The van der Waals surface area contributed by atoms with E-state index in [1.807, 2.05) is 0 Å². The van der Waals surface area contributed by atoms with Gasteiger partial charge in [0.05, 0.1) is 18.8 Å². The minimum atomic E-state index is -0.281. The molecule has 0 radical (unpaired) electrons. The minimum absolute atomic E-state index is 0.274. The zero-order valence-electron chi connectivity index (χ0n) is 11.3. The highest BCUT2D eigenvalue weighted by molar-refractivity contribution is 5.69. The Balaban J connectivity index is 1.79. The van der Waals surface area contributed by atoms with Gasteiger partial charge < -0.3 is 14.2 Å². The number of carbonyl (C=O) groups is 1. The van der Waals surface area contributed by atoms with Crippen LogP contribution in [0.15, 0.2) is 5.11 Å².